The zero-order valence-corrected chi connectivity index (χ0v) is 13.0. The molecule has 1 heterocycles. The number of amides is 1. The van der Waals surface area contributed by atoms with Crippen molar-refractivity contribution in [3.63, 3.8) is 0 Å². The topological polar surface area (TPSA) is 55.6 Å². The highest BCUT2D eigenvalue weighted by atomic mass is 16.5. The normalized spacial score (nSPS) is 21.0. The number of carbonyl (C=O) groups excluding carboxylic acids is 1. The van der Waals surface area contributed by atoms with Crippen LogP contribution in [0.25, 0.3) is 0 Å². The molecule has 0 unspecified atom stereocenters. The van der Waals surface area contributed by atoms with Crippen molar-refractivity contribution in [3.05, 3.63) is 29.8 Å². The Kier molecular flexibility index (Phi) is 5.62. The first-order valence-electron chi connectivity index (χ1n) is 7.73. The molecule has 2 N–H and O–H groups in total. The first kappa shape index (κ1) is 15.8. The fourth-order valence-corrected chi connectivity index (χ4v) is 3.19. The van der Waals surface area contributed by atoms with E-state index in [9.17, 15) is 4.79 Å². The van der Waals surface area contributed by atoms with Crippen molar-refractivity contribution in [2.75, 3.05) is 26.7 Å². The highest BCUT2D eigenvalue weighted by Crippen LogP contribution is 2.24. The van der Waals surface area contributed by atoms with E-state index in [-0.39, 0.29) is 5.91 Å². The number of hydrogen-bond donors (Lipinski definition) is 1. The van der Waals surface area contributed by atoms with E-state index >= 15 is 0 Å². The lowest BCUT2D eigenvalue weighted by Crippen LogP contribution is -2.38. The van der Waals surface area contributed by atoms with Crippen molar-refractivity contribution in [2.45, 2.75) is 32.1 Å². The van der Waals surface area contributed by atoms with E-state index in [4.69, 9.17) is 10.5 Å². The second kappa shape index (κ2) is 7.46. The molecule has 116 valence electrons. The molecule has 1 aromatic rings. The number of methoxy groups -OCH3 is 1. The number of hydrogen-bond acceptors (Lipinski definition) is 3. The predicted molar refractivity (Wildman–Crippen MR) is 84.4 cm³/mol. The number of nitrogens with zero attached hydrogens (tertiary/aromatic N) is 1. The molecule has 0 aromatic heterocycles. The van der Waals surface area contributed by atoms with Crippen LogP contribution >= 0.6 is 0 Å². The maximum Gasteiger partial charge on any atom is 0.217 e. The summed E-state index contributed by atoms with van der Waals surface area (Å²) in [5.41, 5.74) is 6.65. The van der Waals surface area contributed by atoms with E-state index in [0.717, 1.165) is 38.2 Å². The van der Waals surface area contributed by atoms with Gasteiger partial charge >= 0.3 is 0 Å². The van der Waals surface area contributed by atoms with E-state index in [1.54, 1.807) is 7.11 Å². The molecule has 0 aliphatic carbocycles. The molecule has 0 saturated carbocycles. The van der Waals surface area contributed by atoms with Crippen molar-refractivity contribution < 1.29 is 9.53 Å². The van der Waals surface area contributed by atoms with Crippen LogP contribution in [-0.4, -0.2) is 37.6 Å². The number of primary amides is 1. The van der Waals surface area contributed by atoms with Crippen LogP contribution in [0.1, 0.15) is 37.7 Å². The lowest BCUT2D eigenvalue weighted by Gasteiger charge is -2.34. The summed E-state index contributed by atoms with van der Waals surface area (Å²) in [4.78, 5) is 13.5. The van der Waals surface area contributed by atoms with Crippen LogP contribution in [-0.2, 0) is 4.79 Å². The maximum absolute atomic E-state index is 11.1. The maximum atomic E-state index is 11.1. The van der Waals surface area contributed by atoms with Gasteiger partial charge in [0.15, 0.2) is 0 Å². The van der Waals surface area contributed by atoms with Gasteiger partial charge in [-0.05, 0) is 48.9 Å². The largest absolute Gasteiger partial charge is 0.497 e. The van der Waals surface area contributed by atoms with Crippen LogP contribution in [0.3, 0.4) is 0 Å². The minimum absolute atomic E-state index is 0.176. The van der Waals surface area contributed by atoms with Crippen LogP contribution < -0.4 is 10.5 Å². The van der Waals surface area contributed by atoms with Gasteiger partial charge in [-0.3, -0.25) is 4.79 Å². The summed E-state index contributed by atoms with van der Waals surface area (Å²) in [6.07, 6.45) is 2.80. The van der Waals surface area contributed by atoms with Gasteiger partial charge in [0.1, 0.15) is 5.75 Å². The molecular weight excluding hydrogens is 264 g/mol. The minimum Gasteiger partial charge on any atom is -0.497 e. The number of piperidine rings is 1. The molecule has 0 bridgehead atoms. The van der Waals surface area contributed by atoms with Gasteiger partial charge in [0.05, 0.1) is 7.11 Å². The van der Waals surface area contributed by atoms with Crippen molar-refractivity contribution in [3.8, 4) is 5.75 Å². The van der Waals surface area contributed by atoms with E-state index in [2.05, 4.69) is 24.0 Å². The Morgan fingerprint density at radius 3 is 2.76 bits per heavy atom. The first-order chi connectivity index (χ1) is 10.1. The Balaban J connectivity index is 1.88. The van der Waals surface area contributed by atoms with E-state index < -0.39 is 0 Å². The Hall–Kier alpha value is -1.55. The SMILES string of the molecule is COc1ccc([C@@H](C)CN2CCC[C@@H](CC(N)=O)C2)cc1. The van der Waals surface area contributed by atoms with Gasteiger partial charge in [-0.1, -0.05) is 19.1 Å². The Morgan fingerprint density at radius 2 is 2.14 bits per heavy atom. The number of carbonyl (C=O) groups is 1. The van der Waals surface area contributed by atoms with E-state index in [0.29, 0.717) is 18.3 Å². The van der Waals surface area contributed by atoms with Gasteiger partial charge in [0, 0.05) is 19.5 Å². The lowest BCUT2D eigenvalue weighted by atomic mass is 9.93. The molecule has 1 fully saturated rings. The molecule has 1 aliphatic heterocycles. The quantitative estimate of drug-likeness (QED) is 0.875. The molecule has 0 spiro atoms. The zero-order chi connectivity index (χ0) is 15.2. The molecule has 2 atom stereocenters. The molecular formula is C17H26N2O2. The molecule has 4 heteroatoms. The van der Waals surface area contributed by atoms with Crippen LogP contribution in [0.2, 0.25) is 0 Å². The van der Waals surface area contributed by atoms with E-state index in [1.807, 2.05) is 12.1 Å². The van der Waals surface area contributed by atoms with Crippen molar-refractivity contribution in [1.29, 1.82) is 0 Å². The second-order valence-corrected chi connectivity index (χ2v) is 6.11. The Labute approximate surface area is 127 Å². The average molecular weight is 290 g/mol. The average Bonchev–Trinajstić information content (AvgIpc) is 2.47. The van der Waals surface area contributed by atoms with Crippen LogP contribution in [0.15, 0.2) is 24.3 Å². The lowest BCUT2D eigenvalue weighted by molar-refractivity contribution is -0.119. The van der Waals surface area contributed by atoms with Crippen LogP contribution in [0.5, 0.6) is 5.75 Å². The third kappa shape index (κ3) is 4.74. The molecule has 1 saturated heterocycles. The molecule has 1 aliphatic rings. The molecule has 1 amide bonds. The van der Waals surface area contributed by atoms with Gasteiger partial charge in [0.2, 0.25) is 5.91 Å². The second-order valence-electron chi connectivity index (χ2n) is 6.11. The number of benzene rings is 1. The van der Waals surface area contributed by atoms with Crippen molar-refractivity contribution >= 4 is 5.91 Å². The Morgan fingerprint density at radius 1 is 1.43 bits per heavy atom. The standard InChI is InChI=1S/C17H26N2O2/c1-13(15-5-7-16(21-2)8-6-15)11-19-9-3-4-14(12-19)10-17(18)20/h5-8,13-14H,3-4,9-12H2,1-2H3,(H2,18,20)/t13-,14-/m0/s1. The smallest absolute Gasteiger partial charge is 0.217 e. The number of likely N-dealkylation sites (tertiary alicyclic amines) is 1. The fraction of sp³-hybridized carbons (Fsp3) is 0.588. The number of nitrogens with two attached hydrogens (primary N) is 1. The Bertz CT molecular complexity index is 458. The van der Waals surface area contributed by atoms with Gasteiger partial charge in [-0.15, -0.1) is 0 Å². The first-order valence-corrected chi connectivity index (χ1v) is 7.73. The summed E-state index contributed by atoms with van der Waals surface area (Å²) in [5, 5.41) is 0. The summed E-state index contributed by atoms with van der Waals surface area (Å²) in [7, 11) is 1.69. The highest BCUT2D eigenvalue weighted by Gasteiger charge is 2.22. The summed E-state index contributed by atoms with van der Waals surface area (Å²) < 4.78 is 5.20. The van der Waals surface area contributed by atoms with E-state index in [1.165, 1.54) is 5.56 Å². The van der Waals surface area contributed by atoms with Crippen molar-refractivity contribution in [1.82, 2.24) is 4.90 Å². The fourth-order valence-electron chi connectivity index (χ4n) is 3.19. The molecule has 21 heavy (non-hydrogen) atoms. The summed E-state index contributed by atoms with van der Waals surface area (Å²) in [6, 6.07) is 8.29. The van der Waals surface area contributed by atoms with Gasteiger partial charge < -0.3 is 15.4 Å². The van der Waals surface area contributed by atoms with Gasteiger partial charge in [0.25, 0.3) is 0 Å². The van der Waals surface area contributed by atoms with Crippen molar-refractivity contribution in [2.24, 2.45) is 11.7 Å². The van der Waals surface area contributed by atoms with Crippen LogP contribution in [0, 0.1) is 5.92 Å². The summed E-state index contributed by atoms with van der Waals surface area (Å²) >= 11 is 0. The van der Waals surface area contributed by atoms with Gasteiger partial charge in [-0.2, -0.15) is 0 Å². The summed E-state index contributed by atoms with van der Waals surface area (Å²) in [6.45, 7) is 5.39. The van der Waals surface area contributed by atoms with Crippen LogP contribution in [0.4, 0.5) is 0 Å². The molecule has 4 nitrogen and oxygen atoms in total. The monoisotopic (exact) mass is 290 g/mol. The molecule has 1 aromatic carbocycles. The van der Waals surface area contributed by atoms with Gasteiger partial charge in [-0.25, -0.2) is 0 Å². The predicted octanol–water partition coefficient (Wildman–Crippen LogP) is 2.39. The number of ether oxygens (including phenoxy) is 1. The third-order valence-corrected chi connectivity index (χ3v) is 4.31. The number of rotatable bonds is 6. The highest BCUT2D eigenvalue weighted by molar-refractivity contribution is 5.74. The molecule has 0 radical (unpaired) electrons. The zero-order valence-electron chi connectivity index (χ0n) is 13.0. The third-order valence-electron chi connectivity index (χ3n) is 4.31. The minimum atomic E-state index is -0.176. The summed E-state index contributed by atoms with van der Waals surface area (Å²) in [5.74, 6) is 1.62. The molecule has 2 rings (SSSR count).